The maximum atomic E-state index is 13.9. The van der Waals surface area contributed by atoms with Gasteiger partial charge in [-0.1, -0.05) is 12.1 Å². The first-order valence-electron chi connectivity index (χ1n) is 12.7. The van der Waals surface area contributed by atoms with E-state index in [9.17, 15) is 29.7 Å². The fourth-order valence-corrected chi connectivity index (χ4v) is 6.10. The molecule has 5 rings (SSSR count). The van der Waals surface area contributed by atoms with Crippen molar-refractivity contribution in [2.24, 2.45) is 17.6 Å². The molecule has 38 heavy (non-hydrogen) atoms. The highest BCUT2D eigenvalue weighted by Gasteiger charge is 2.59. The molecule has 1 aromatic heterocycles. The molecular weight excluding hydrogens is 488 g/mol. The molecule has 0 fully saturated rings. The van der Waals surface area contributed by atoms with E-state index in [2.05, 4.69) is 26.1 Å². The lowest BCUT2D eigenvalue weighted by Gasteiger charge is -2.45. The summed E-state index contributed by atoms with van der Waals surface area (Å²) < 4.78 is 5.90. The normalized spacial score (nSPS) is 25.3. The van der Waals surface area contributed by atoms with Gasteiger partial charge in [-0.25, -0.2) is 0 Å². The predicted molar refractivity (Wildman–Crippen MR) is 138 cm³/mol. The van der Waals surface area contributed by atoms with E-state index in [1.54, 1.807) is 13.2 Å². The lowest BCUT2D eigenvalue weighted by atomic mass is 9.60. The Bertz CT molecular complexity index is 1460. The third-order valence-electron chi connectivity index (χ3n) is 7.98. The summed E-state index contributed by atoms with van der Waals surface area (Å²) in [5.74, 6) is -4.93. The Morgan fingerprint density at radius 1 is 1.18 bits per heavy atom. The van der Waals surface area contributed by atoms with Crippen LogP contribution in [0.1, 0.15) is 60.7 Å². The molecule has 1 aromatic carbocycles. The minimum atomic E-state index is -2.51. The Morgan fingerprint density at radius 2 is 1.89 bits per heavy atom. The third kappa shape index (κ3) is 3.80. The zero-order chi connectivity index (χ0) is 27.7. The van der Waals surface area contributed by atoms with Gasteiger partial charge in [0.2, 0.25) is 5.78 Å². The molecule has 3 aliphatic carbocycles. The number of carbonyl (C=O) groups is 3. The molecule has 3 atom stereocenters. The van der Waals surface area contributed by atoms with Crippen LogP contribution in [-0.2, 0) is 22.6 Å². The lowest BCUT2D eigenvalue weighted by Crippen LogP contribution is -2.57. The molecule has 0 spiro atoms. The van der Waals surface area contributed by atoms with E-state index in [0.717, 1.165) is 16.7 Å². The molecule has 9 nitrogen and oxygen atoms in total. The average Bonchev–Trinajstić information content (AvgIpc) is 3.28. The SMILES string of the molecule is Cc1ccc(-c2occc2CNC(C)(C)C)c2c1C(=O)C1=C(O)[C@]3(O)C(=O)C(C(N)=O)=C(O)C[C@@H]3C[C@@H]1C2. The van der Waals surface area contributed by atoms with Crippen LogP contribution in [0.5, 0.6) is 0 Å². The standard InChI is InChI=1S/C29H32N2O7/c1-13-5-6-17(24-14(7-8-38-24)12-31-28(2,3)4)18-10-15-9-16-11-19(32)22(27(30)36)26(35)29(16,37)25(34)21(15)23(33)20(13)18/h5-8,15-16,31-32,34,37H,9-12H2,1-4H3,(H2,30,36)/t15-,16+,29+/m1/s1. The number of aliphatic hydroxyl groups excluding tert-OH is 2. The van der Waals surface area contributed by atoms with Gasteiger partial charge in [-0.15, -0.1) is 0 Å². The van der Waals surface area contributed by atoms with Crippen LogP contribution in [0, 0.1) is 18.8 Å². The molecule has 0 radical (unpaired) electrons. The molecule has 9 heteroatoms. The van der Waals surface area contributed by atoms with Crippen LogP contribution in [0.3, 0.4) is 0 Å². The van der Waals surface area contributed by atoms with E-state index in [1.807, 2.05) is 18.2 Å². The first kappa shape index (κ1) is 25.9. The summed E-state index contributed by atoms with van der Waals surface area (Å²) in [6.45, 7) is 8.56. The van der Waals surface area contributed by atoms with Gasteiger partial charge in [-0.3, -0.25) is 14.4 Å². The van der Waals surface area contributed by atoms with Crippen LogP contribution in [0.4, 0.5) is 0 Å². The maximum Gasteiger partial charge on any atom is 0.255 e. The molecule has 1 amide bonds. The van der Waals surface area contributed by atoms with Gasteiger partial charge in [-0.2, -0.15) is 0 Å². The van der Waals surface area contributed by atoms with Gasteiger partial charge in [0.05, 0.1) is 6.26 Å². The van der Waals surface area contributed by atoms with Crippen molar-refractivity contribution in [3.63, 3.8) is 0 Å². The number of allylic oxidation sites excluding steroid dienone is 2. The molecule has 6 N–H and O–H groups in total. The molecule has 0 unspecified atom stereocenters. The van der Waals surface area contributed by atoms with E-state index in [0.29, 0.717) is 29.9 Å². The quantitative estimate of drug-likeness (QED) is 0.383. The molecular formula is C29H32N2O7. The van der Waals surface area contributed by atoms with Gasteiger partial charge in [0.25, 0.3) is 5.91 Å². The van der Waals surface area contributed by atoms with Crippen LogP contribution >= 0.6 is 0 Å². The number of Topliss-reactive ketones (excluding diaryl/α,β-unsaturated/α-hetero) is 2. The van der Waals surface area contributed by atoms with Crippen LogP contribution in [0.15, 0.2) is 51.5 Å². The molecule has 0 saturated heterocycles. The van der Waals surface area contributed by atoms with Crippen molar-refractivity contribution in [1.82, 2.24) is 5.32 Å². The zero-order valence-electron chi connectivity index (χ0n) is 21.8. The third-order valence-corrected chi connectivity index (χ3v) is 7.98. The number of rotatable bonds is 4. The average molecular weight is 521 g/mol. The van der Waals surface area contributed by atoms with Crippen LogP contribution in [-0.4, -0.2) is 43.9 Å². The van der Waals surface area contributed by atoms with Crippen molar-refractivity contribution in [3.05, 3.63) is 69.4 Å². The molecule has 1 heterocycles. The number of ketones is 2. The summed E-state index contributed by atoms with van der Waals surface area (Å²) in [7, 11) is 0. The number of primary amides is 1. The second-order valence-corrected chi connectivity index (χ2v) is 11.6. The number of hydrogen-bond acceptors (Lipinski definition) is 8. The summed E-state index contributed by atoms with van der Waals surface area (Å²) in [5, 5.41) is 36.5. The minimum absolute atomic E-state index is 0.0378. The van der Waals surface area contributed by atoms with Gasteiger partial charge in [0.15, 0.2) is 11.4 Å². The highest BCUT2D eigenvalue weighted by atomic mass is 16.3. The topological polar surface area (TPSA) is 163 Å². The molecule has 0 aliphatic heterocycles. The second-order valence-electron chi connectivity index (χ2n) is 11.6. The summed E-state index contributed by atoms with van der Waals surface area (Å²) in [6.07, 6.45) is 1.89. The Morgan fingerprint density at radius 3 is 2.55 bits per heavy atom. The highest BCUT2D eigenvalue weighted by molar-refractivity contribution is 6.24. The number of amides is 1. The van der Waals surface area contributed by atoms with E-state index in [1.165, 1.54) is 0 Å². The van der Waals surface area contributed by atoms with Crippen molar-refractivity contribution >= 4 is 17.5 Å². The van der Waals surface area contributed by atoms with Gasteiger partial charge in [-0.05, 0) is 63.6 Å². The summed E-state index contributed by atoms with van der Waals surface area (Å²) >= 11 is 0. The number of fused-ring (bicyclic) bond motifs is 3. The van der Waals surface area contributed by atoms with Gasteiger partial charge >= 0.3 is 0 Å². The Balaban J connectivity index is 1.62. The molecule has 0 saturated carbocycles. The lowest BCUT2D eigenvalue weighted by molar-refractivity contribution is -0.144. The fourth-order valence-electron chi connectivity index (χ4n) is 6.10. The summed E-state index contributed by atoms with van der Waals surface area (Å²) in [5.41, 5.74) is 5.43. The zero-order valence-corrected chi connectivity index (χ0v) is 21.8. The van der Waals surface area contributed by atoms with Gasteiger partial charge < -0.3 is 30.8 Å². The number of nitrogens with two attached hydrogens (primary N) is 1. The molecule has 200 valence electrons. The second kappa shape index (κ2) is 8.68. The number of nitrogens with one attached hydrogen (secondary N) is 1. The molecule has 2 aromatic rings. The van der Waals surface area contributed by atoms with Gasteiger partial charge in [0.1, 0.15) is 22.9 Å². The van der Waals surface area contributed by atoms with E-state index < -0.39 is 52.0 Å². The van der Waals surface area contributed by atoms with Crippen molar-refractivity contribution in [2.75, 3.05) is 0 Å². The first-order chi connectivity index (χ1) is 17.8. The van der Waals surface area contributed by atoms with Crippen molar-refractivity contribution in [2.45, 2.75) is 64.6 Å². The van der Waals surface area contributed by atoms with E-state index in [4.69, 9.17) is 10.2 Å². The molecule has 0 bridgehead atoms. The monoisotopic (exact) mass is 520 g/mol. The Labute approximate surface area is 220 Å². The molecule has 3 aliphatic rings. The van der Waals surface area contributed by atoms with Crippen LogP contribution in [0.2, 0.25) is 0 Å². The first-order valence-corrected chi connectivity index (χ1v) is 12.7. The number of benzene rings is 1. The maximum absolute atomic E-state index is 13.9. The number of carbonyl (C=O) groups excluding carboxylic acids is 3. The summed E-state index contributed by atoms with van der Waals surface area (Å²) in [6, 6.07) is 5.62. The van der Waals surface area contributed by atoms with E-state index >= 15 is 0 Å². The van der Waals surface area contributed by atoms with Crippen molar-refractivity contribution in [3.8, 4) is 11.3 Å². The summed E-state index contributed by atoms with van der Waals surface area (Å²) in [4.78, 5) is 38.9. The largest absolute Gasteiger partial charge is 0.511 e. The number of furan rings is 1. The minimum Gasteiger partial charge on any atom is -0.511 e. The Hall–Kier alpha value is -3.69. The van der Waals surface area contributed by atoms with Crippen LogP contribution in [0.25, 0.3) is 11.3 Å². The smallest absolute Gasteiger partial charge is 0.255 e. The predicted octanol–water partition coefficient (Wildman–Crippen LogP) is 3.33. The van der Waals surface area contributed by atoms with Crippen molar-refractivity contribution < 1.29 is 34.1 Å². The number of aryl methyl sites for hydroxylation is 1. The van der Waals surface area contributed by atoms with Gasteiger partial charge in [0, 0.05) is 46.7 Å². The number of aliphatic hydroxyl groups is 3. The van der Waals surface area contributed by atoms with Crippen LogP contribution < -0.4 is 11.1 Å². The van der Waals surface area contributed by atoms with Crippen molar-refractivity contribution in [1.29, 1.82) is 0 Å². The fraction of sp³-hybridized carbons (Fsp3) is 0.414. The highest BCUT2D eigenvalue weighted by Crippen LogP contribution is 2.51. The Kier molecular flexibility index (Phi) is 5.92. The van der Waals surface area contributed by atoms with E-state index in [-0.39, 0.29) is 24.0 Å². The number of hydrogen-bond donors (Lipinski definition) is 5.